The minimum Gasteiger partial charge on any atom is -0.368 e. The Morgan fingerprint density at radius 1 is 0.963 bits per heavy atom. The van der Waals surface area contributed by atoms with Gasteiger partial charge in [-0.3, -0.25) is 0 Å². The van der Waals surface area contributed by atoms with E-state index in [2.05, 4.69) is 72.1 Å². The standard InChI is InChI=1S/C22H33N5/c1-5-6-7-11-23-22-24-18(3)16-21(25-22)27-14-12-26(13-15-27)20-10-8-9-17(2)19(20)4/h8-10,16H,5-7,11-15H2,1-4H3,(H,23,24,25). The van der Waals surface area contributed by atoms with Gasteiger partial charge in [0, 0.05) is 50.2 Å². The molecule has 5 heteroatoms. The zero-order chi connectivity index (χ0) is 19.2. The van der Waals surface area contributed by atoms with E-state index in [9.17, 15) is 0 Å². The summed E-state index contributed by atoms with van der Waals surface area (Å²) in [6.45, 7) is 13.6. The maximum absolute atomic E-state index is 4.77. The van der Waals surface area contributed by atoms with Crippen molar-refractivity contribution in [3.63, 3.8) is 0 Å². The van der Waals surface area contributed by atoms with E-state index in [0.29, 0.717) is 0 Å². The molecule has 0 saturated carbocycles. The molecule has 1 aromatic carbocycles. The van der Waals surface area contributed by atoms with Gasteiger partial charge in [-0.2, -0.15) is 4.98 Å². The van der Waals surface area contributed by atoms with Gasteiger partial charge < -0.3 is 15.1 Å². The Bertz CT molecular complexity index is 750. The lowest BCUT2D eigenvalue weighted by molar-refractivity contribution is 0.645. The van der Waals surface area contributed by atoms with Crippen LogP contribution in [0.3, 0.4) is 0 Å². The predicted octanol–water partition coefficient (Wildman–Crippen LogP) is 4.33. The molecule has 3 rings (SSSR count). The lowest BCUT2D eigenvalue weighted by atomic mass is 10.1. The predicted molar refractivity (Wildman–Crippen MR) is 115 cm³/mol. The van der Waals surface area contributed by atoms with E-state index < -0.39 is 0 Å². The van der Waals surface area contributed by atoms with Crippen LogP contribution in [0.4, 0.5) is 17.5 Å². The van der Waals surface area contributed by atoms with Gasteiger partial charge in [-0.1, -0.05) is 31.9 Å². The molecule has 1 aromatic heterocycles. The van der Waals surface area contributed by atoms with Crippen LogP contribution in [0.15, 0.2) is 24.3 Å². The third kappa shape index (κ3) is 4.90. The van der Waals surface area contributed by atoms with Crippen LogP contribution in [0.25, 0.3) is 0 Å². The van der Waals surface area contributed by atoms with E-state index in [4.69, 9.17) is 4.98 Å². The third-order valence-corrected chi connectivity index (χ3v) is 5.42. The number of nitrogens with zero attached hydrogens (tertiary/aromatic N) is 4. The average molecular weight is 368 g/mol. The fourth-order valence-corrected chi connectivity index (χ4v) is 3.62. The molecule has 5 nitrogen and oxygen atoms in total. The lowest BCUT2D eigenvalue weighted by Crippen LogP contribution is -2.47. The second-order valence-electron chi connectivity index (χ2n) is 7.52. The molecule has 1 saturated heterocycles. The molecule has 1 fully saturated rings. The van der Waals surface area contributed by atoms with Crippen molar-refractivity contribution < 1.29 is 0 Å². The van der Waals surface area contributed by atoms with Gasteiger partial charge in [0.05, 0.1) is 0 Å². The van der Waals surface area contributed by atoms with Gasteiger partial charge in [-0.15, -0.1) is 0 Å². The molecule has 1 N–H and O–H groups in total. The molecule has 0 amide bonds. The zero-order valence-corrected chi connectivity index (χ0v) is 17.3. The maximum Gasteiger partial charge on any atom is 0.224 e. The molecule has 27 heavy (non-hydrogen) atoms. The van der Waals surface area contributed by atoms with Gasteiger partial charge in [0.2, 0.25) is 5.95 Å². The number of anilines is 3. The SMILES string of the molecule is CCCCCNc1nc(C)cc(N2CCN(c3cccc(C)c3C)CC2)n1. The summed E-state index contributed by atoms with van der Waals surface area (Å²) in [5.41, 5.74) is 5.14. The first-order valence-corrected chi connectivity index (χ1v) is 10.2. The minimum absolute atomic E-state index is 0.762. The van der Waals surface area contributed by atoms with E-state index in [1.54, 1.807) is 0 Å². The summed E-state index contributed by atoms with van der Waals surface area (Å²) in [6, 6.07) is 8.69. The summed E-state index contributed by atoms with van der Waals surface area (Å²) in [5, 5.41) is 3.39. The average Bonchev–Trinajstić information content (AvgIpc) is 2.67. The van der Waals surface area contributed by atoms with E-state index in [1.807, 2.05) is 0 Å². The first kappa shape index (κ1) is 19.5. The Morgan fingerprint density at radius 2 is 1.70 bits per heavy atom. The Hall–Kier alpha value is -2.30. The van der Waals surface area contributed by atoms with Crippen molar-refractivity contribution in [2.45, 2.75) is 47.0 Å². The molecule has 0 bridgehead atoms. The van der Waals surface area contributed by atoms with Crippen LogP contribution in [0.5, 0.6) is 0 Å². The molecule has 0 radical (unpaired) electrons. The maximum atomic E-state index is 4.77. The van der Waals surface area contributed by atoms with Crippen molar-refractivity contribution in [1.29, 1.82) is 0 Å². The summed E-state index contributed by atoms with van der Waals surface area (Å²) in [5.74, 6) is 1.80. The summed E-state index contributed by atoms with van der Waals surface area (Å²) in [4.78, 5) is 14.2. The second kappa shape index (κ2) is 9.07. The summed E-state index contributed by atoms with van der Waals surface area (Å²) < 4.78 is 0. The lowest BCUT2D eigenvalue weighted by Gasteiger charge is -2.37. The third-order valence-electron chi connectivity index (χ3n) is 5.42. The van der Waals surface area contributed by atoms with Crippen molar-refractivity contribution in [1.82, 2.24) is 9.97 Å². The topological polar surface area (TPSA) is 44.3 Å². The monoisotopic (exact) mass is 367 g/mol. The first-order valence-electron chi connectivity index (χ1n) is 10.2. The number of aryl methyl sites for hydroxylation is 2. The number of unbranched alkanes of at least 4 members (excludes halogenated alkanes) is 2. The van der Waals surface area contributed by atoms with Crippen LogP contribution in [-0.4, -0.2) is 42.7 Å². The molecule has 2 aromatic rings. The highest BCUT2D eigenvalue weighted by Crippen LogP contribution is 2.25. The van der Waals surface area contributed by atoms with Crippen molar-refractivity contribution in [3.8, 4) is 0 Å². The summed E-state index contributed by atoms with van der Waals surface area (Å²) in [7, 11) is 0. The fourth-order valence-electron chi connectivity index (χ4n) is 3.62. The molecule has 1 aliphatic rings. The van der Waals surface area contributed by atoms with Gasteiger partial charge in [-0.05, 0) is 44.4 Å². The smallest absolute Gasteiger partial charge is 0.224 e. The van der Waals surface area contributed by atoms with E-state index >= 15 is 0 Å². The molecule has 0 spiro atoms. The Morgan fingerprint density at radius 3 is 2.44 bits per heavy atom. The quantitative estimate of drug-likeness (QED) is 0.738. The number of rotatable bonds is 7. The first-order chi connectivity index (χ1) is 13.1. The molecule has 146 valence electrons. The number of aromatic nitrogens is 2. The molecular weight excluding hydrogens is 334 g/mol. The van der Waals surface area contributed by atoms with Crippen LogP contribution in [0.2, 0.25) is 0 Å². The van der Waals surface area contributed by atoms with Gasteiger partial charge in [0.1, 0.15) is 5.82 Å². The van der Waals surface area contributed by atoms with Gasteiger partial charge in [0.15, 0.2) is 0 Å². The summed E-state index contributed by atoms with van der Waals surface area (Å²) >= 11 is 0. The molecular formula is C22H33N5. The van der Waals surface area contributed by atoms with Crippen LogP contribution in [-0.2, 0) is 0 Å². The van der Waals surface area contributed by atoms with E-state index in [1.165, 1.54) is 29.7 Å². The number of hydrogen-bond donors (Lipinski definition) is 1. The van der Waals surface area contributed by atoms with Crippen molar-refractivity contribution in [2.24, 2.45) is 0 Å². The Labute approximate surface area is 163 Å². The van der Waals surface area contributed by atoms with E-state index in [0.717, 1.165) is 56.6 Å². The highest BCUT2D eigenvalue weighted by molar-refractivity contribution is 5.57. The van der Waals surface area contributed by atoms with Gasteiger partial charge in [-0.25, -0.2) is 4.98 Å². The van der Waals surface area contributed by atoms with Gasteiger partial charge >= 0.3 is 0 Å². The molecule has 1 aliphatic heterocycles. The molecule has 0 unspecified atom stereocenters. The number of nitrogens with one attached hydrogen (secondary N) is 1. The largest absolute Gasteiger partial charge is 0.368 e. The van der Waals surface area contributed by atoms with Crippen LogP contribution in [0, 0.1) is 20.8 Å². The van der Waals surface area contributed by atoms with Crippen LogP contribution in [0.1, 0.15) is 43.0 Å². The van der Waals surface area contributed by atoms with Crippen LogP contribution < -0.4 is 15.1 Å². The minimum atomic E-state index is 0.762. The zero-order valence-electron chi connectivity index (χ0n) is 17.3. The van der Waals surface area contributed by atoms with Crippen LogP contribution >= 0.6 is 0 Å². The second-order valence-corrected chi connectivity index (χ2v) is 7.52. The van der Waals surface area contributed by atoms with Gasteiger partial charge in [0.25, 0.3) is 0 Å². The number of benzene rings is 1. The highest BCUT2D eigenvalue weighted by atomic mass is 15.3. The number of piperazine rings is 1. The Kier molecular flexibility index (Phi) is 6.54. The number of hydrogen-bond acceptors (Lipinski definition) is 5. The van der Waals surface area contributed by atoms with Crippen molar-refractivity contribution >= 4 is 17.5 Å². The van der Waals surface area contributed by atoms with E-state index in [-0.39, 0.29) is 0 Å². The highest BCUT2D eigenvalue weighted by Gasteiger charge is 2.20. The summed E-state index contributed by atoms with van der Waals surface area (Å²) in [6.07, 6.45) is 3.63. The normalized spacial score (nSPS) is 14.5. The molecule has 2 heterocycles. The fraction of sp³-hybridized carbons (Fsp3) is 0.545. The Balaban J connectivity index is 1.63. The van der Waals surface area contributed by atoms with Crippen molar-refractivity contribution in [3.05, 3.63) is 41.1 Å². The van der Waals surface area contributed by atoms with Crippen molar-refractivity contribution in [2.75, 3.05) is 47.8 Å². The molecule has 0 aliphatic carbocycles. The molecule has 0 atom stereocenters.